The molecule has 0 aliphatic carbocycles. The van der Waals surface area contributed by atoms with Gasteiger partial charge in [-0.3, -0.25) is 9.59 Å². The number of carbonyl (C=O) groups excluding carboxylic acids is 2. The van der Waals surface area contributed by atoms with Gasteiger partial charge in [-0.1, -0.05) is 17.7 Å². The Kier molecular flexibility index (Phi) is 9.24. The Balaban J connectivity index is 1.67. The Morgan fingerprint density at radius 2 is 1.76 bits per heavy atom. The lowest BCUT2D eigenvalue weighted by Crippen LogP contribution is -2.34. The smallest absolute Gasteiger partial charge is 0.258 e. The van der Waals surface area contributed by atoms with Gasteiger partial charge in [0.15, 0.2) is 6.61 Å². The van der Waals surface area contributed by atoms with Crippen LogP contribution in [0.25, 0.3) is 0 Å². The van der Waals surface area contributed by atoms with Crippen molar-refractivity contribution >= 4 is 29.8 Å². The molecule has 29 heavy (non-hydrogen) atoms. The quantitative estimate of drug-likeness (QED) is 0.355. The van der Waals surface area contributed by atoms with Gasteiger partial charge in [0.2, 0.25) is 5.91 Å². The fraction of sp³-hybridized carbons (Fsp3) is 0.318. The number of aryl methyl sites for hydroxylation is 1. The number of ether oxygens (including phenoxy) is 1. The van der Waals surface area contributed by atoms with Crippen LogP contribution in [0.3, 0.4) is 0 Å². The number of hydrogen-bond donors (Lipinski definition) is 2. The van der Waals surface area contributed by atoms with Crippen LogP contribution >= 0.6 is 11.8 Å². The summed E-state index contributed by atoms with van der Waals surface area (Å²) < 4.78 is 5.43. The van der Waals surface area contributed by atoms with E-state index in [1.807, 2.05) is 20.8 Å². The molecule has 0 atom stereocenters. The van der Waals surface area contributed by atoms with E-state index >= 15 is 0 Å². The zero-order valence-corrected chi connectivity index (χ0v) is 17.8. The van der Waals surface area contributed by atoms with E-state index in [-0.39, 0.29) is 24.5 Å². The number of hydrogen-bond acceptors (Lipinski definition) is 5. The van der Waals surface area contributed by atoms with Gasteiger partial charge in [-0.2, -0.15) is 5.10 Å². The highest BCUT2D eigenvalue weighted by Crippen LogP contribution is 2.18. The van der Waals surface area contributed by atoms with E-state index in [1.54, 1.807) is 42.2 Å². The number of nitrogens with zero attached hydrogens (tertiary/aromatic N) is 1. The van der Waals surface area contributed by atoms with Gasteiger partial charge in [0.25, 0.3) is 5.91 Å². The largest absolute Gasteiger partial charge is 0.484 e. The van der Waals surface area contributed by atoms with Crippen molar-refractivity contribution in [1.82, 2.24) is 10.7 Å². The molecule has 0 spiro atoms. The Labute approximate surface area is 176 Å². The van der Waals surface area contributed by atoms with Crippen LogP contribution < -0.4 is 15.5 Å². The summed E-state index contributed by atoms with van der Waals surface area (Å²) in [5, 5.41) is 6.74. The van der Waals surface area contributed by atoms with Gasteiger partial charge >= 0.3 is 0 Å². The Morgan fingerprint density at radius 3 is 2.41 bits per heavy atom. The first-order chi connectivity index (χ1) is 13.9. The van der Waals surface area contributed by atoms with Crippen LogP contribution in [0.15, 0.2) is 58.5 Å². The standard InChI is InChI=1S/C22H27N3O3S/c1-16(2)24-22(27)15-28-19-8-6-18(7-9-19)14-23-25-21(26)12-13-29-20-10-4-17(3)5-11-20/h4-11,14,16H,12-13,15H2,1-3H3,(H,24,27)(H,25,26)/b23-14-. The van der Waals surface area contributed by atoms with E-state index in [4.69, 9.17) is 4.74 Å². The molecule has 0 aliphatic heterocycles. The molecule has 2 aromatic rings. The van der Waals surface area contributed by atoms with Crippen LogP contribution in [0.2, 0.25) is 0 Å². The minimum atomic E-state index is -0.158. The topological polar surface area (TPSA) is 79.8 Å². The van der Waals surface area contributed by atoms with Gasteiger partial charge < -0.3 is 10.1 Å². The minimum absolute atomic E-state index is 0.0255. The van der Waals surface area contributed by atoms with Crippen molar-refractivity contribution in [2.75, 3.05) is 12.4 Å². The average Bonchev–Trinajstić information content (AvgIpc) is 2.68. The van der Waals surface area contributed by atoms with Gasteiger partial charge in [0.05, 0.1) is 6.21 Å². The number of nitrogens with one attached hydrogen (secondary N) is 2. The number of thioether (sulfide) groups is 1. The summed E-state index contributed by atoms with van der Waals surface area (Å²) in [5.74, 6) is 1.00. The number of carbonyl (C=O) groups is 2. The third-order valence-electron chi connectivity index (χ3n) is 3.72. The second-order valence-corrected chi connectivity index (χ2v) is 7.95. The molecule has 0 saturated heterocycles. The van der Waals surface area contributed by atoms with E-state index in [0.29, 0.717) is 17.9 Å². The highest BCUT2D eigenvalue weighted by molar-refractivity contribution is 7.99. The second-order valence-electron chi connectivity index (χ2n) is 6.78. The van der Waals surface area contributed by atoms with Crippen molar-refractivity contribution in [2.24, 2.45) is 5.10 Å². The molecular weight excluding hydrogens is 386 g/mol. The van der Waals surface area contributed by atoms with Gasteiger partial charge in [-0.25, -0.2) is 5.43 Å². The van der Waals surface area contributed by atoms with Crippen molar-refractivity contribution in [3.8, 4) is 5.75 Å². The molecule has 0 aliphatic rings. The Morgan fingerprint density at radius 1 is 1.07 bits per heavy atom. The van der Waals surface area contributed by atoms with Crippen LogP contribution in [-0.4, -0.2) is 36.4 Å². The lowest BCUT2D eigenvalue weighted by molar-refractivity contribution is -0.123. The lowest BCUT2D eigenvalue weighted by Gasteiger charge is -2.09. The van der Waals surface area contributed by atoms with Crippen LogP contribution in [0, 0.1) is 6.92 Å². The second kappa shape index (κ2) is 11.9. The van der Waals surface area contributed by atoms with E-state index in [9.17, 15) is 9.59 Å². The number of hydrazone groups is 1. The number of benzene rings is 2. The molecule has 0 unspecified atom stereocenters. The lowest BCUT2D eigenvalue weighted by atomic mass is 10.2. The zero-order valence-electron chi connectivity index (χ0n) is 17.0. The third-order valence-corrected chi connectivity index (χ3v) is 4.74. The molecule has 0 radical (unpaired) electrons. The summed E-state index contributed by atoms with van der Waals surface area (Å²) in [6.45, 7) is 5.82. The predicted octanol–water partition coefficient (Wildman–Crippen LogP) is 3.53. The maximum atomic E-state index is 11.9. The molecule has 2 amide bonds. The molecule has 0 heterocycles. The average molecular weight is 414 g/mol. The fourth-order valence-corrected chi connectivity index (χ4v) is 3.15. The van der Waals surface area contributed by atoms with Crippen molar-refractivity contribution in [3.05, 3.63) is 59.7 Å². The summed E-state index contributed by atoms with van der Waals surface area (Å²) in [6, 6.07) is 15.4. The van der Waals surface area contributed by atoms with Gasteiger partial charge in [-0.05, 0) is 62.7 Å². The summed E-state index contributed by atoms with van der Waals surface area (Å²) in [4.78, 5) is 24.6. The van der Waals surface area contributed by atoms with Crippen LogP contribution in [0.5, 0.6) is 5.75 Å². The zero-order chi connectivity index (χ0) is 21.1. The summed E-state index contributed by atoms with van der Waals surface area (Å²) >= 11 is 1.64. The summed E-state index contributed by atoms with van der Waals surface area (Å²) in [6.07, 6.45) is 1.96. The molecule has 154 valence electrons. The van der Waals surface area contributed by atoms with Crippen molar-refractivity contribution in [1.29, 1.82) is 0 Å². The van der Waals surface area contributed by atoms with Crippen LogP contribution in [0.1, 0.15) is 31.4 Å². The summed E-state index contributed by atoms with van der Waals surface area (Å²) in [7, 11) is 0. The van der Waals surface area contributed by atoms with Crippen molar-refractivity contribution in [3.63, 3.8) is 0 Å². The summed E-state index contributed by atoms with van der Waals surface area (Å²) in [5.41, 5.74) is 4.57. The van der Waals surface area contributed by atoms with E-state index < -0.39 is 0 Å². The van der Waals surface area contributed by atoms with E-state index in [1.165, 1.54) is 5.56 Å². The number of rotatable bonds is 10. The van der Waals surface area contributed by atoms with Crippen LogP contribution in [0.4, 0.5) is 0 Å². The van der Waals surface area contributed by atoms with Gasteiger partial charge in [0, 0.05) is 23.1 Å². The molecule has 6 nitrogen and oxygen atoms in total. The van der Waals surface area contributed by atoms with Gasteiger partial charge in [0.1, 0.15) is 5.75 Å². The molecular formula is C22H27N3O3S. The van der Waals surface area contributed by atoms with Crippen LogP contribution in [-0.2, 0) is 9.59 Å². The first kappa shape index (κ1) is 22.5. The molecule has 0 bridgehead atoms. The fourth-order valence-electron chi connectivity index (χ4n) is 2.29. The third kappa shape index (κ3) is 9.30. The monoisotopic (exact) mass is 413 g/mol. The molecule has 2 aromatic carbocycles. The normalized spacial score (nSPS) is 10.9. The number of amides is 2. The first-order valence-electron chi connectivity index (χ1n) is 9.46. The maximum Gasteiger partial charge on any atom is 0.258 e. The molecule has 0 aromatic heterocycles. The highest BCUT2D eigenvalue weighted by Gasteiger charge is 2.04. The highest BCUT2D eigenvalue weighted by atomic mass is 32.2. The molecule has 2 rings (SSSR count). The molecule has 2 N–H and O–H groups in total. The SMILES string of the molecule is Cc1ccc(SCCC(=O)N/N=C\c2ccc(OCC(=O)NC(C)C)cc2)cc1. The van der Waals surface area contributed by atoms with Crippen molar-refractivity contribution in [2.45, 2.75) is 38.1 Å². The Bertz CT molecular complexity index is 818. The molecule has 7 heteroatoms. The predicted molar refractivity (Wildman–Crippen MR) is 117 cm³/mol. The molecule has 0 fully saturated rings. The minimum Gasteiger partial charge on any atom is -0.484 e. The van der Waals surface area contributed by atoms with Crippen molar-refractivity contribution < 1.29 is 14.3 Å². The first-order valence-corrected chi connectivity index (χ1v) is 10.4. The van der Waals surface area contributed by atoms with Gasteiger partial charge in [-0.15, -0.1) is 11.8 Å². The molecule has 0 saturated carbocycles. The van der Waals surface area contributed by atoms with E-state index in [2.05, 4.69) is 40.1 Å². The maximum absolute atomic E-state index is 11.9. The van der Waals surface area contributed by atoms with E-state index in [0.717, 1.165) is 10.5 Å². The Hall–Kier alpha value is -2.80.